The number of imidazole rings is 1. The highest BCUT2D eigenvalue weighted by Crippen LogP contribution is 2.25. The lowest BCUT2D eigenvalue weighted by Gasteiger charge is -1.93. The van der Waals surface area contributed by atoms with Gasteiger partial charge < -0.3 is 10.1 Å². The number of hydrogen-bond donors (Lipinski definition) is 2. The lowest BCUT2D eigenvalue weighted by Crippen LogP contribution is -1.89. The topological polar surface area (TPSA) is 66.0 Å². The third-order valence-electron chi connectivity index (χ3n) is 2.33. The lowest BCUT2D eigenvalue weighted by atomic mass is 10.4. The van der Waals surface area contributed by atoms with Gasteiger partial charge in [0.25, 0.3) is 0 Å². The van der Waals surface area contributed by atoms with Crippen LogP contribution in [0.15, 0.2) is 17.3 Å². The summed E-state index contributed by atoms with van der Waals surface area (Å²) >= 11 is 2.89. The summed E-state index contributed by atoms with van der Waals surface area (Å²) in [4.78, 5) is 19.7. The number of nitrogens with one attached hydrogen (secondary N) is 1. The van der Waals surface area contributed by atoms with Gasteiger partial charge in [-0.1, -0.05) is 11.8 Å². The summed E-state index contributed by atoms with van der Waals surface area (Å²) in [5, 5.41) is 9.69. The molecule has 0 aromatic carbocycles. The summed E-state index contributed by atoms with van der Waals surface area (Å²) in [6, 6.07) is 3.49. The first kappa shape index (κ1) is 12.2. The van der Waals surface area contributed by atoms with Crippen molar-refractivity contribution in [2.24, 2.45) is 0 Å². The van der Waals surface area contributed by atoms with Gasteiger partial charge in [0.05, 0.1) is 5.69 Å². The van der Waals surface area contributed by atoms with Gasteiger partial charge in [-0.2, -0.15) is 0 Å². The molecule has 0 radical (unpaired) electrons. The number of H-pyrrole nitrogens is 1. The molecule has 0 saturated carbocycles. The van der Waals surface area contributed by atoms with Gasteiger partial charge in [-0.05, 0) is 26.0 Å². The molecule has 0 unspecified atom stereocenters. The van der Waals surface area contributed by atoms with Crippen LogP contribution < -0.4 is 0 Å². The van der Waals surface area contributed by atoms with Crippen LogP contribution in [0.25, 0.3) is 0 Å². The van der Waals surface area contributed by atoms with Gasteiger partial charge in [-0.15, -0.1) is 11.3 Å². The molecule has 2 aromatic heterocycles. The number of aromatic carboxylic acids is 1. The number of aromatic nitrogens is 2. The highest BCUT2D eigenvalue weighted by atomic mass is 32.2. The van der Waals surface area contributed by atoms with E-state index in [4.69, 9.17) is 5.11 Å². The van der Waals surface area contributed by atoms with Crippen molar-refractivity contribution < 1.29 is 9.90 Å². The Morgan fingerprint density at radius 1 is 1.53 bits per heavy atom. The molecule has 90 valence electrons. The molecule has 0 fully saturated rings. The monoisotopic (exact) mass is 268 g/mol. The highest BCUT2D eigenvalue weighted by Gasteiger charge is 2.08. The van der Waals surface area contributed by atoms with Gasteiger partial charge in [0.1, 0.15) is 4.88 Å². The van der Waals surface area contributed by atoms with Gasteiger partial charge in [-0.3, -0.25) is 0 Å². The van der Waals surface area contributed by atoms with Crippen LogP contribution in [0, 0.1) is 13.8 Å². The number of carboxylic acid groups (broad SMARTS) is 1. The molecule has 6 heteroatoms. The Labute approximate surface area is 107 Å². The van der Waals surface area contributed by atoms with E-state index in [1.54, 1.807) is 17.8 Å². The number of carbonyl (C=O) groups is 1. The maximum absolute atomic E-state index is 10.7. The number of carboxylic acids is 1. The summed E-state index contributed by atoms with van der Waals surface area (Å²) in [5.41, 5.74) is 2.08. The average molecular weight is 268 g/mol. The molecule has 4 nitrogen and oxygen atoms in total. The highest BCUT2D eigenvalue weighted by molar-refractivity contribution is 7.98. The summed E-state index contributed by atoms with van der Waals surface area (Å²) in [6.07, 6.45) is 0. The van der Waals surface area contributed by atoms with Crippen LogP contribution in [0.1, 0.15) is 25.9 Å². The molecule has 0 spiro atoms. The Hall–Kier alpha value is -1.27. The summed E-state index contributed by atoms with van der Waals surface area (Å²) in [5.74, 6) is -0.124. The number of rotatable bonds is 4. The molecule has 2 heterocycles. The Balaban J connectivity index is 1.99. The minimum atomic E-state index is -0.865. The fourth-order valence-corrected chi connectivity index (χ4v) is 3.15. The summed E-state index contributed by atoms with van der Waals surface area (Å²) in [6.45, 7) is 3.95. The first-order chi connectivity index (χ1) is 8.06. The van der Waals surface area contributed by atoms with Gasteiger partial charge in [-0.25, -0.2) is 9.78 Å². The van der Waals surface area contributed by atoms with Gasteiger partial charge in [0.2, 0.25) is 0 Å². The van der Waals surface area contributed by atoms with Crippen molar-refractivity contribution in [2.75, 3.05) is 0 Å². The Kier molecular flexibility index (Phi) is 3.54. The second kappa shape index (κ2) is 4.93. The lowest BCUT2D eigenvalue weighted by molar-refractivity contribution is 0.0702. The first-order valence-electron chi connectivity index (χ1n) is 5.04. The molecule has 0 aliphatic rings. The van der Waals surface area contributed by atoms with Gasteiger partial charge >= 0.3 is 5.97 Å². The SMILES string of the molecule is Cc1nc(SCc2ccc(C(=O)O)s2)[nH]c1C. The maximum atomic E-state index is 10.7. The van der Waals surface area contributed by atoms with E-state index in [2.05, 4.69) is 9.97 Å². The molecule has 0 saturated heterocycles. The van der Waals surface area contributed by atoms with Crippen LogP contribution in [0.4, 0.5) is 0 Å². The first-order valence-corrected chi connectivity index (χ1v) is 6.84. The van der Waals surface area contributed by atoms with Crippen molar-refractivity contribution in [3.05, 3.63) is 33.3 Å². The molecule has 0 bridgehead atoms. The molecule has 0 aliphatic carbocycles. The maximum Gasteiger partial charge on any atom is 0.345 e. The summed E-state index contributed by atoms with van der Waals surface area (Å²) < 4.78 is 0. The molecule has 2 aromatic rings. The third kappa shape index (κ3) is 2.89. The van der Waals surface area contributed by atoms with E-state index in [1.807, 2.05) is 19.9 Å². The smallest absolute Gasteiger partial charge is 0.345 e. The van der Waals surface area contributed by atoms with Crippen LogP contribution >= 0.6 is 23.1 Å². The van der Waals surface area contributed by atoms with E-state index >= 15 is 0 Å². The molecule has 2 N–H and O–H groups in total. The summed E-state index contributed by atoms with van der Waals surface area (Å²) in [7, 11) is 0. The van der Waals surface area contributed by atoms with E-state index in [0.717, 1.165) is 27.2 Å². The van der Waals surface area contributed by atoms with Crippen LogP contribution in [0.3, 0.4) is 0 Å². The standard InChI is InChI=1S/C11H12N2O2S2/c1-6-7(2)13-11(12-6)16-5-8-3-4-9(17-8)10(14)15/h3-4H,5H2,1-2H3,(H,12,13)(H,14,15). The Morgan fingerprint density at radius 3 is 2.82 bits per heavy atom. The number of thioether (sulfide) groups is 1. The number of nitrogens with zero attached hydrogens (tertiary/aromatic N) is 1. The van der Waals surface area contributed by atoms with E-state index in [-0.39, 0.29) is 0 Å². The quantitative estimate of drug-likeness (QED) is 0.836. The second-order valence-electron chi connectivity index (χ2n) is 3.61. The van der Waals surface area contributed by atoms with E-state index in [9.17, 15) is 4.79 Å². The number of hydrogen-bond acceptors (Lipinski definition) is 4. The van der Waals surface area contributed by atoms with E-state index in [1.165, 1.54) is 11.3 Å². The molecule has 17 heavy (non-hydrogen) atoms. The van der Waals surface area contributed by atoms with Crippen molar-refractivity contribution in [1.82, 2.24) is 9.97 Å². The van der Waals surface area contributed by atoms with Crippen molar-refractivity contribution >= 4 is 29.1 Å². The zero-order valence-electron chi connectivity index (χ0n) is 9.48. The largest absolute Gasteiger partial charge is 0.477 e. The Bertz CT molecular complexity index is 526. The number of aromatic amines is 1. The fourth-order valence-electron chi connectivity index (χ4n) is 1.29. The van der Waals surface area contributed by atoms with Gasteiger partial charge in [0, 0.05) is 16.3 Å². The zero-order chi connectivity index (χ0) is 12.4. The normalized spacial score (nSPS) is 10.7. The third-order valence-corrected chi connectivity index (χ3v) is 4.51. The average Bonchev–Trinajstić information content (AvgIpc) is 2.84. The minimum Gasteiger partial charge on any atom is -0.477 e. The number of aryl methyl sites for hydroxylation is 2. The fraction of sp³-hybridized carbons (Fsp3) is 0.273. The van der Waals surface area contributed by atoms with Crippen molar-refractivity contribution in [3.63, 3.8) is 0 Å². The minimum absolute atomic E-state index is 0.382. The van der Waals surface area contributed by atoms with E-state index in [0.29, 0.717) is 4.88 Å². The second-order valence-corrected chi connectivity index (χ2v) is 5.74. The molecule has 0 atom stereocenters. The molecule has 2 rings (SSSR count). The molecular weight excluding hydrogens is 256 g/mol. The van der Waals surface area contributed by atoms with Crippen LogP contribution in [0.2, 0.25) is 0 Å². The molecule has 0 aliphatic heterocycles. The molecule has 0 amide bonds. The van der Waals surface area contributed by atoms with Crippen molar-refractivity contribution in [2.45, 2.75) is 24.8 Å². The van der Waals surface area contributed by atoms with Crippen molar-refractivity contribution in [1.29, 1.82) is 0 Å². The van der Waals surface area contributed by atoms with Gasteiger partial charge in [0.15, 0.2) is 5.16 Å². The number of thiophene rings is 1. The van der Waals surface area contributed by atoms with Crippen LogP contribution in [0.5, 0.6) is 0 Å². The Morgan fingerprint density at radius 2 is 2.29 bits per heavy atom. The zero-order valence-corrected chi connectivity index (χ0v) is 11.1. The van der Waals surface area contributed by atoms with Crippen LogP contribution in [-0.4, -0.2) is 21.0 Å². The van der Waals surface area contributed by atoms with Crippen molar-refractivity contribution in [3.8, 4) is 0 Å². The molecular formula is C11H12N2O2S2. The van der Waals surface area contributed by atoms with Crippen LogP contribution in [-0.2, 0) is 5.75 Å². The van der Waals surface area contributed by atoms with E-state index < -0.39 is 5.97 Å². The predicted octanol–water partition coefficient (Wildman–Crippen LogP) is 3.08. The predicted molar refractivity (Wildman–Crippen MR) is 68.9 cm³/mol.